The van der Waals surface area contributed by atoms with Crippen molar-refractivity contribution in [3.63, 3.8) is 0 Å². The largest absolute Gasteiger partial charge is 0.392 e. The maximum atomic E-state index is 3.27. The molecule has 1 N–H and O–H groups in total. The second-order valence-electron chi connectivity index (χ2n) is 5.17. The van der Waals surface area contributed by atoms with Crippen LogP contribution in [0.3, 0.4) is 0 Å². The summed E-state index contributed by atoms with van der Waals surface area (Å²) in [6.07, 6.45) is 2.13. The van der Waals surface area contributed by atoms with Crippen LogP contribution in [0.2, 0.25) is 5.04 Å². The highest BCUT2D eigenvalue weighted by Crippen LogP contribution is 2.27. The summed E-state index contributed by atoms with van der Waals surface area (Å²) in [6.45, 7) is 10.1. The fourth-order valence-corrected chi connectivity index (χ4v) is 4.61. The van der Waals surface area contributed by atoms with Crippen LogP contribution in [0.25, 0.3) is 0 Å². The highest BCUT2D eigenvalue weighted by atomic mass is 28.3. The molecule has 0 aliphatic heterocycles. The van der Waals surface area contributed by atoms with Crippen LogP contribution in [0, 0.1) is 0 Å². The lowest BCUT2D eigenvalue weighted by atomic mass is 10.2. The van der Waals surface area contributed by atoms with Crippen LogP contribution in [0.4, 0.5) is 0 Å². The predicted octanol–water partition coefficient (Wildman–Crippen LogP) is 2.58. The summed E-state index contributed by atoms with van der Waals surface area (Å²) in [6, 6.07) is 10.9. The van der Waals surface area contributed by atoms with Gasteiger partial charge in [-0.05, 0) is 18.2 Å². The summed E-state index contributed by atoms with van der Waals surface area (Å²) in [5.41, 5.74) is 2.40. The zero-order valence-electron chi connectivity index (χ0n) is 10.8. The van der Waals surface area contributed by atoms with Crippen molar-refractivity contribution in [1.82, 2.24) is 5.32 Å². The molecule has 0 fully saturated rings. The lowest BCUT2D eigenvalue weighted by Gasteiger charge is -2.27. The molecule has 2 heteroatoms. The van der Waals surface area contributed by atoms with Gasteiger partial charge in [0.2, 0.25) is 0 Å². The molecule has 0 heterocycles. The van der Waals surface area contributed by atoms with E-state index in [4.69, 9.17) is 0 Å². The Kier molecular flexibility index (Phi) is 4.81. The van der Waals surface area contributed by atoms with E-state index in [9.17, 15) is 0 Å². The topological polar surface area (TPSA) is 12.0 Å². The molecule has 1 atom stereocenters. The van der Waals surface area contributed by atoms with E-state index in [1.165, 1.54) is 5.19 Å². The minimum atomic E-state index is -1.06. The third-order valence-electron chi connectivity index (χ3n) is 2.70. The minimum absolute atomic E-state index is 0.382. The van der Waals surface area contributed by atoms with Gasteiger partial charge in [0.15, 0.2) is 0 Å². The molecule has 88 valence electrons. The van der Waals surface area contributed by atoms with Gasteiger partial charge in [-0.2, -0.15) is 0 Å². The first kappa shape index (κ1) is 13.0. The maximum Gasteiger partial charge on any atom is 0.101 e. The Bertz CT molecular complexity index is 324. The SMILES string of the molecule is CCNC=C[SiH](c1ccccc1)C(C)(C)C. The summed E-state index contributed by atoms with van der Waals surface area (Å²) < 4.78 is 0. The molecule has 1 aromatic carbocycles. The Labute approximate surface area is 101 Å². The van der Waals surface area contributed by atoms with E-state index < -0.39 is 8.80 Å². The molecule has 0 aliphatic rings. The summed E-state index contributed by atoms with van der Waals surface area (Å²) in [7, 11) is -1.06. The summed E-state index contributed by atoms with van der Waals surface area (Å²) in [5.74, 6) is 0. The van der Waals surface area contributed by atoms with E-state index >= 15 is 0 Å². The molecule has 0 aromatic heterocycles. The van der Waals surface area contributed by atoms with Crippen LogP contribution >= 0.6 is 0 Å². The summed E-state index contributed by atoms with van der Waals surface area (Å²) >= 11 is 0. The van der Waals surface area contributed by atoms with Crippen LogP contribution in [0.5, 0.6) is 0 Å². The molecule has 0 amide bonds. The number of benzene rings is 1. The highest BCUT2D eigenvalue weighted by molar-refractivity contribution is 6.80. The van der Waals surface area contributed by atoms with Crippen molar-refractivity contribution in [2.45, 2.75) is 32.7 Å². The van der Waals surface area contributed by atoms with Crippen molar-refractivity contribution in [3.05, 3.63) is 42.2 Å². The van der Waals surface area contributed by atoms with E-state index in [2.05, 4.69) is 75.2 Å². The monoisotopic (exact) mass is 233 g/mol. The van der Waals surface area contributed by atoms with Crippen LogP contribution in [0.1, 0.15) is 27.7 Å². The highest BCUT2D eigenvalue weighted by Gasteiger charge is 2.25. The molecular formula is C14H23NSi. The van der Waals surface area contributed by atoms with Gasteiger partial charge in [-0.15, -0.1) is 0 Å². The van der Waals surface area contributed by atoms with Gasteiger partial charge < -0.3 is 5.32 Å². The van der Waals surface area contributed by atoms with Gasteiger partial charge in [-0.1, -0.05) is 62.0 Å². The van der Waals surface area contributed by atoms with Crippen molar-refractivity contribution < 1.29 is 0 Å². The molecule has 1 rings (SSSR count). The van der Waals surface area contributed by atoms with E-state index in [-0.39, 0.29) is 0 Å². The van der Waals surface area contributed by atoms with Gasteiger partial charge in [0, 0.05) is 6.54 Å². The Balaban J connectivity index is 2.89. The molecule has 0 aliphatic carbocycles. The van der Waals surface area contributed by atoms with Crippen molar-refractivity contribution >= 4 is 14.0 Å². The van der Waals surface area contributed by atoms with Gasteiger partial charge >= 0.3 is 0 Å². The van der Waals surface area contributed by atoms with Gasteiger partial charge in [0.25, 0.3) is 0 Å². The molecule has 16 heavy (non-hydrogen) atoms. The van der Waals surface area contributed by atoms with Crippen molar-refractivity contribution in [3.8, 4) is 0 Å². The Morgan fingerprint density at radius 1 is 1.19 bits per heavy atom. The standard InChI is InChI=1S/C14H23NSi/c1-5-15-11-12-16(14(2,3)4)13-9-7-6-8-10-13/h6-12,15-16H,5H2,1-4H3. The smallest absolute Gasteiger partial charge is 0.101 e. The van der Waals surface area contributed by atoms with Crippen molar-refractivity contribution in [2.75, 3.05) is 6.54 Å². The number of rotatable bonds is 4. The first-order valence-electron chi connectivity index (χ1n) is 6.00. The van der Waals surface area contributed by atoms with Gasteiger partial charge in [-0.3, -0.25) is 0 Å². The fraction of sp³-hybridized carbons (Fsp3) is 0.429. The third kappa shape index (κ3) is 3.85. The van der Waals surface area contributed by atoms with Gasteiger partial charge in [-0.25, -0.2) is 0 Å². The number of nitrogens with one attached hydrogen (secondary N) is 1. The Morgan fingerprint density at radius 2 is 1.81 bits per heavy atom. The molecule has 1 aromatic rings. The van der Waals surface area contributed by atoms with E-state index in [0.29, 0.717) is 5.04 Å². The normalized spacial score (nSPS) is 14.0. The maximum absolute atomic E-state index is 3.27. The zero-order valence-corrected chi connectivity index (χ0v) is 12.0. The quantitative estimate of drug-likeness (QED) is 0.788. The predicted molar refractivity (Wildman–Crippen MR) is 75.8 cm³/mol. The first-order chi connectivity index (χ1) is 7.55. The van der Waals surface area contributed by atoms with Crippen molar-refractivity contribution in [1.29, 1.82) is 0 Å². The summed E-state index contributed by atoms with van der Waals surface area (Å²) in [4.78, 5) is 0. The molecule has 0 saturated carbocycles. The molecule has 0 saturated heterocycles. The average Bonchev–Trinajstić information content (AvgIpc) is 2.24. The van der Waals surface area contributed by atoms with Crippen LogP contribution < -0.4 is 10.5 Å². The third-order valence-corrected chi connectivity index (χ3v) is 6.25. The lowest BCUT2D eigenvalue weighted by molar-refractivity contribution is 0.749. The van der Waals surface area contributed by atoms with Crippen LogP contribution in [-0.4, -0.2) is 15.3 Å². The lowest BCUT2D eigenvalue weighted by Crippen LogP contribution is -2.37. The Morgan fingerprint density at radius 3 is 2.31 bits per heavy atom. The molecule has 0 bridgehead atoms. The zero-order chi connectivity index (χ0) is 12.0. The second kappa shape index (κ2) is 5.90. The molecule has 1 nitrogen and oxygen atoms in total. The second-order valence-corrected chi connectivity index (χ2v) is 8.91. The van der Waals surface area contributed by atoms with E-state index in [1.807, 2.05) is 0 Å². The van der Waals surface area contributed by atoms with E-state index in [1.54, 1.807) is 0 Å². The molecule has 0 spiro atoms. The van der Waals surface area contributed by atoms with E-state index in [0.717, 1.165) is 6.54 Å². The number of hydrogen-bond donors (Lipinski definition) is 1. The van der Waals surface area contributed by atoms with Gasteiger partial charge in [0.1, 0.15) is 8.80 Å². The number of hydrogen-bond acceptors (Lipinski definition) is 1. The molecule has 1 unspecified atom stereocenters. The molecule has 0 radical (unpaired) electrons. The summed E-state index contributed by atoms with van der Waals surface area (Å²) in [5, 5.41) is 5.17. The van der Waals surface area contributed by atoms with Crippen LogP contribution in [0.15, 0.2) is 42.2 Å². The first-order valence-corrected chi connectivity index (χ1v) is 7.83. The van der Waals surface area contributed by atoms with Crippen LogP contribution in [-0.2, 0) is 0 Å². The molecular weight excluding hydrogens is 210 g/mol. The van der Waals surface area contributed by atoms with Crippen molar-refractivity contribution in [2.24, 2.45) is 0 Å². The minimum Gasteiger partial charge on any atom is -0.392 e. The fourth-order valence-electron chi connectivity index (χ4n) is 1.84. The Hall–Kier alpha value is -1.02. The van der Waals surface area contributed by atoms with Gasteiger partial charge in [0.05, 0.1) is 0 Å². The average molecular weight is 233 g/mol.